The smallest absolute Gasteiger partial charge is 0.223 e. The quantitative estimate of drug-likeness (QED) is 0.808. The highest BCUT2D eigenvalue weighted by atomic mass is 35.5. The summed E-state index contributed by atoms with van der Waals surface area (Å²) in [5, 5.41) is 6.43. The van der Waals surface area contributed by atoms with E-state index in [-0.39, 0.29) is 11.9 Å². The highest BCUT2D eigenvalue weighted by Gasteiger charge is 2.06. The van der Waals surface area contributed by atoms with E-state index in [2.05, 4.69) is 10.6 Å². The molecule has 0 unspecified atom stereocenters. The Balaban J connectivity index is 2.43. The number of benzene rings is 1. The lowest BCUT2D eigenvalue weighted by Crippen LogP contribution is -2.31. The third-order valence-electron chi connectivity index (χ3n) is 2.41. The standard InChI is InChI=1S/C14H21ClN2O2/c1-10(2)17-14(18)6-7-19-13-5-4-11(9-16-3)8-12(13)15/h4-5,8,10,16H,6-7,9H2,1-3H3,(H,17,18). The molecule has 0 saturated carbocycles. The minimum Gasteiger partial charge on any atom is -0.491 e. The molecule has 0 aliphatic carbocycles. The Morgan fingerprint density at radius 3 is 2.74 bits per heavy atom. The van der Waals surface area contributed by atoms with Crippen LogP contribution in [0, 0.1) is 0 Å². The fraction of sp³-hybridized carbons (Fsp3) is 0.500. The molecule has 19 heavy (non-hydrogen) atoms. The van der Waals surface area contributed by atoms with Crippen molar-refractivity contribution in [3.8, 4) is 5.75 Å². The van der Waals surface area contributed by atoms with Gasteiger partial charge in [-0.25, -0.2) is 0 Å². The summed E-state index contributed by atoms with van der Waals surface area (Å²) in [5.41, 5.74) is 1.09. The van der Waals surface area contributed by atoms with Crippen molar-refractivity contribution in [3.63, 3.8) is 0 Å². The number of nitrogens with one attached hydrogen (secondary N) is 2. The second-order valence-electron chi connectivity index (χ2n) is 4.62. The summed E-state index contributed by atoms with van der Waals surface area (Å²) >= 11 is 6.11. The molecule has 2 N–H and O–H groups in total. The first kappa shape index (κ1) is 15.8. The summed E-state index contributed by atoms with van der Waals surface area (Å²) in [5.74, 6) is 0.594. The molecule has 5 heteroatoms. The highest BCUT2D eigenvalue weighted by Crippen LogP contribution is 2.25. The van der Waals surface area contributed by atoms with Crippen LogP contribution >= 0.6 is 11.6 Å². The van der Waals surface area contributed by atoms with Crippen LogP contribution in [0.3, 0.4) is 0 Å². The molecule has 0 fully saturated rings. The number of carbonyl (C=O) groups is 1. The van der Waals surface area contributed by atoms with Crippen molar-refractivity contribution in [1.29, 1.82) is 0 Å². The van der Waals surface area contributed by atoms with E-state index in [1.165, 1.54) is 0 Å². The van der Waals surface area contributed by atoms with E-state index >= 15 is 0 Å². The number of amides is 1. The Morgan fingerprint density at radius 2 is 2.16 bits per heavy atom. The molecule has 0 aromatic heterocycles. The third-order valence-corrected chi connectivity index (χ3v) is 2.71. The van der Waals surface area contributed by atoms with E-state index in [0.29, 0.717) is 23.8 Å². The van der Waals surface area contributed by atoms with Crippen molar-refractivity contribution < 1.29 is 9.53 Å². The van der Waals surface area contributed by atoms with Gasteiger partial charge in [-0.1, -0.05) is 17.7 Å². The zero-order chi connectivity index (χ0) is 14.3. The van der Waals surface area contributed by atoms with Crippen molar-refractivity contribution in [2.24, 2.45) is 0 Å². The van der Waals surface area contributed by atoms with Crippen molar-refractivity contribution >= 4 is 17.5 Å². The van der Waals surface area contributed by atoms with Crippen molar-refractivity contribution in [2.75, 3.05) is 13.7 Å². The van der Waals surface area contributed by atoms with Gasteiger partial charge in [0.25, 0.3) is 0 Å². The molecule has 0 bridgehead atoms. The van der Waals surface area contributed by atoms with E-state index in [0.717, 1.165) is 12.1 Å². The third kappa shape index (κ3) is 5.94. The number of carbonyl (C=O) groups excluding carboxylic acids is 1. The van der Waals surface area contributed by atoms with Gasteiger partial charge >= 0.3 is 0 Å². The average Bonchev–Trinajstić information content (AvgIpc) is 2.31. The largest absolute Gasteiger partial charge is 0.491 e. The Kier molecular flexibility index (Phi) is 6.67. The summed E-state index contributed by atoms with van der Waals surface area (Å²) < 4.78 is 5.51. The van der Waals surface area contributed by atoms with Crippen LogP contribution in [-0.2, 0) is 11.3 Å². The van der Waals surface area contributed by atoms with Gasteiger partial charge in [0.1, 0.15) is 5.75 Å². The van der Waals surface area contributed by atoms with Gasteiger partial charge in [-0.15, -0.1) is 0 Å². The fourth-order valence-electron chi connectivity index (χ4n) is 1.62. The van der Waals surface area contributed by atoms with Crippen LogP contribution in [0.4, 0.5) is 0 Å². The molecule has 4 nitrogen and oxygen atoms in total. The van der Waals surface area contributed by atoms with Gasteiger partial charge in [0.15, 0.2) is 0 Å². The molecular weight excluding hydrogens is 264 g/mol. The summed E-state index contributed by atoms with van der Waals surface area (Å²) in [6.07, 6.45) is 0.326. The Labute approximate surface area is 119 Å². The normalized spacial score (nSPS) is 10.6. The van der Waals surface area contributed by atoms with Gasteiger partial charge in [0.2, 0.25) is 5.91 Å². The van der Waals surface area contributed by atoms with Crippen LogP contribution in [0.1, 0.15) is 25.8 Å². The lowest BCUT2D eigenvalue weighted by molar-refractivity contribution is -0.122. The molecule has 1 aromatic rings. The summed E-state index contributed by atoms with van der Waals surface area (Å²) in [6.45, 7) is 4.94. The second-order valence-corrected chi connectivity index (χ2v) is 5.02. The molecule has 0 radical (unpaired) electrons. The van der Waals surface area contributed by atoms with Crippen LogP contribution in [0.5, 0.6) is 5.75 Å². The molecule has 0 atom stereocenters. The lowest BCUT2D eigenvalue weighted by Gasteiger charge is -2.11. The minimum absolute atomic E-state index is 0.0158. The summed E-state index contributed by atoms with van der Waals surface area (Å²) in [7, 11) is 1.88. The van der Waals surface area contributed by atoms with Crippen LogP contribution in [0.15, 0.2) is 18.2 Å². The van der Waals surface area contributed by atoms with Crippen LogP contribution in [0.25, 0.3) is 0 Å². The van der Waals surface area contributed by atoms with Crippen molar-refractivity contribution in [2.45, 2.75) is 32.9 Å². The molecular formula is C14H21ClN2O2. The van der Waals surface area contributed by atoms with E-state index in [1.807, 2.05) is 39.1 Å². The molecule has 1 aromatic carbocycles. The van der Waals surface area contributed by atoms with E-state index < -0.39 is 0 Å². The SMILES string of the molecule is CNCc1ccc(OCCC(=O)NC(C)C)c(Cl)c1. The maximum Gasteiger partial charge on any atom is 0.223 e. The maximum atomic E-state index is 11.4. The molecule has 0 spiro atoms. The van der Waals surface area contributed by atoms with Gasteiger partial charge in [0, 0.05) is 12.6 Å². The molecule has 0 heterocycles. The van der Waals surface area contributed by atoms with Gasteiger partial charge < -0.3 is 15.4 Å². The first-order chi connectivity index (χ1) is 9.02. The average molecular weight is 285 g/mol. The molecule has 0 aliphatic heterocycles. The van der Waals surface area contributed by atoms with Gasteiger partial charge in [-0.3, -0.25) is 4.79 Å². The topological polar surface area (TPSA) is 50.4 Å². The predicted octanol–water partition coefficient (Wildman–Crippen LogP) is 2.35. The first-order valence-electron chi connectivity index (χ1n) is 6.38. The van der Waals surface area contributed by atoms with Gasteiger partial charge in [-0.2, -0.15) is 0 Å². The second kappa shape index (κ2) is 8.02. The monoisotopic (exact) mass is 284 g/mol. The Morgan fingerprint density at radius 1 is 1.42 bits per heavy atom. The number of hydrogen-bond donors (Lipinski definition) is 2. The number of rotatable bonds is 7. The highest BCUT2D eigenvalue weighted by molar-refractivity contribution is 6.32. The number of ether oxygens (including phenoxy) is 1. The molecule has 1 amide bonds. The fourth-order valence-corrected chi connectivity index (χ4v) is 1.88. The molecule has 0 aliphatic rings. The summed E-state index contributed by atoms with van der Waals surface area (Å²) in [6, 6.07) is 5.79. The lowest BCUT2D eigenvalue weighted by atomic mass is 10.2. The zero-order valence-corrected chi connectivity index (χ0v) is 12.4. The zero-order valence-electron chi connectivity index (χ0n) is 11.6. The molecule has 106 valence electrons. The molecule has 0 saturated heterocycles. The number of halogens is 1. The first-order valence-corrected chi connectivity index (χ1v) is 6.76. The van der Waals surface area contributed by atoms with Gasteiger partial charge in [0.05, 0.1) is 18.1 Å². The van der Waals surface area contributed by atoms with Crippen LogP contribution < -0.4 is 15.4 Å². The Bertz CT molecular complexity index is 422. The van der Waals surface area contributed by atoms with Crippen LogP contribution in [0.2, 0.25) is 5.02 Å². The molecule has 1 rings (SSSR count). The maximum absolute atomic E-state index is 11.4. The number of hydrogen-bond acceptors (Lipinski definition) is 3. The van der Waals surface area contributed by atoms with Gasteiger partial charge in [-0.05, 0) is 38.6 Å². The minimum atomic E-state index is -0.0158. The van der Waals surface area contributed by atoms with Crippen molar-refractivity contribution in [1.82, 2.24) is 10.6 Å². The van der Waals surface area contributed by atoms with Crippen molar-refractivity contribution in [3.05, 3.63) is 28.8 Å². The van der Waals surface area contributed by atoms with E-state index in [1.54, 1.807) is 0 Å². The predicted molar refractivity (Wildman–Crippen MR) is 77.6 cm³/mol. The Hall–Kier alpha value is -1.26. The summed E-state index contributed by atoms with van der Waals surface area (Å²) in [4.78, 5) is 11.4. The van der Waals surface area contributed by atoms with E-state index in [4.69, 9.17) is 16.3 Å². The van der Waals surface area contributed by atoms with Crippen LogP contribution in [-0.4, -0.2) is 25.6 Å². The van der Waals surface area contributed by atoms with E-state index in [9.17, 15) is 4.79 Å².